The van der Waals surface area contributed by atoms with E-state index in [-0.39, 0.29) is 35.7 Å². The Labute approximate surface area is 134 Å². The molecular formula is C16H30O5Si. The van der Waals surface area contributed by atoms with Gasteiger partial charge >= 0.3 is 0 Å². The Hall–Kier alpha value is -0.273. The molecule has 0 aromatic heterocycles. The summed E-state index contributed by atoms with van der Waals surface area (Å²) >= 11 is 0. The van der Waals surface area contributed by atoms with Gasteiger partial charge < -0.3 is 18.6 Å². The number of Topliss-reactive ketones (excluding diaryl/α,β-unsaturated/α-hetero) is 1. The minimum absolute atomic E-state index is 0.00957. The minimum Gasteiger partial charge on any atom is -0.409 e. The van der Waals surface area contributed by atoms with Gasteiger partial charge in [-0.1, -0.05) is 20.8 Å². The smallest absolute Gasteiger partial charge is 0.192 e. The summed E-state index contributed by atoms with van der Waals surface area (Å²) in [5.41, 5.74) is 0. The summed E-state index contributed by atoms with van der Waals surface area (Å²) in [5.74, 6) is -0.600. The molecule has 0 spiro atoms. The van der Waals surface area contributed by atoms with E-state index in [1.54, 1.807) is 0 Å². The monoisotopic (exact) mass is 330 g/mol. The second-order valence-corrected chi connectivity index (χ2v) is 13.2. The van der Waals surface area contributed by atoms with Crippen molar-refractivity contribution < 1.29 is 23.4 Å². The second-order valence-electron chi connectivity index (χ2n) is 8.34. The first-order valence-electron chi connectivity index (χ1n) is 8.02. The van der Waals surface area contributed by atoms with E-state index in [2.05, 4.69) is 33.9 Å². The fraction of sp³-hybridized carbons (Fsp3) is 0.938. The molecule has 128 valence electrons. The summed E-state index contributed by atoms with van der Waals surface area (Å²) in [5, 5.41) is 0.0953. The van der Waals surface area contributed by atoms with E-state index >= 15 is 0 Å². The molecule has 2 rings (SSSR count). The molecule has 4 atom stereocenters. The van der Waals surface area contributed by atoms with Gasteiger partial charge in [-0.25, -0.2) is 0 Å². The van der Waals surface area contributed by atoms with Crippen LogP contribution in [0.25, 0.3) is 0 Å². The van der Waals surface area contributed by atoms with E-state index in [9.17, 15) is 4.79 Å². The van der Waals surface area contributed by atoms with Crippen LogP contribution in [0.4, 0.5) is 0 Å². The maximum absolute atomic E-state index is 12.3. The van der Waals surface area contributed by atoms with E-state index in [4.69, 9.17) is 18.6 Å². The van der Waals surface area contributed by atoms with Gasteiger partial charge in [-0.3, -0.25) is 4.79 Å². The maximum Gasteiger partial charge on any atom is 0.192 e. The lowest BCUT2D eigenvalue weighted by atomic mass is 10.1. The SMILES string of the molecule is C[C@@H]1OC(C)(C)O[C@H]1[C@@H]1O[C@@H]1C(=O)CO[Si](C)(C)C(C)(C)C. The summed E-state index contributed by atoms with van der Waals surface area (Å²) in [4.78, 5) is 12.3. The highest BCUT2D eigenvalue weighted by atomic mass is 28.4. The van der Waals surface area contributed by atoms with Gasteiger partial charge in [0.15, 0.2) is 19.9 Å². The summed E-state index contributed by atoms with van der Waals surface area (Å²) in [6.07, 6.45) is -0.863. The molecule has 0 unspecified atom stereocenters. The van der Waals surface area contributed by atoms with Crippen LogP contribution in [-0.4, -0.2) is 50.9 Å². The number of ether oxygens (including phenoxy) is 3. The van der Waals surface area contributed by atoms with Crippen molar-refractivity contribution in [3.05, 3.63) is 0 Å². The van der Waals surface area contributed by atoms with Gasteiger partial charge in [-0.2, -0.15) is 0 Å². The van der Waals surface area contributed by atoms with Gasteiger partial charge in [-0.15, -0.1) is 0 Å². The predicted molar refractivity (Wildman–Crippen MR) is 86.3 cm³/mol. The first-order chi connectivity index (χ1) is 9.84. The van der Waals surface area contributed by atoms with Gasteiger partial charge in [0, 0.05) is 0 Å². The molecule has 6 heteroatoms. The summed E-state index contributed by atoms with van der Waals surface area (Å²) in [6.45, 7) is 16.6. The molecule has 2 aliphatic rings. The zero-order valence-electron chi connectivity index (χ0n) is 15.1. The Balaban J connectivity index is 1.85. The normalized spacial score (nSPS) is 34.7. The van der Waals surface area contributed by atoms with Crippen LogP contribution < -0.4 is 0 Å². The van der Waals surface area contributed by atoms with Crippen LogP contribution in [0.2, 0.25) is 18.1 Å². The quantitative estimate of drug-likeness (QED) is 0.573. The van der Waals surface area contributed by atoms with Crippen molar-refractivity contribution in [2.75, 3.05) is 6.61 Å². The number of carbonyl (C=O) groups is 1. The Morgan fingerprint density at radius 3 is 2.23 bits per heavy atom. The molecule has 2 heterocycles. The Kier molecular flexibility index (Phi) is 4.65. The molecule has 22 heavy (non-hydrogen) atoms. The number of hydrogen-bond donors (Lipinski definition) is 0. The van der Waals surface area contributed by atoms with Crippen LogP contribution >= 0.6 is 0 Å². The van der Waals surface area contributed by atoms with Crippen LogP contribution in [0.15, 0.2) is 0 Å². The predicted octanol–water partition coefficient (Wildman–Crippen LogP) is 2.88. The van der Waals surface area contributed by atoms with Crippen LogP contribution in [-0.2, 0) is 23.4 Å². The first kappa shape index (κ1) is 18.1. The summed E-state index contributed by atoms with van der Waals surface area (Å²) in [6, 6.07) is 0. The first-order valence-corrected chi connectivity index (χ1v) is 10.9. The lowest BCUT2D eigenvalue weighted by molar-refractivity contribution is -0.146. The van der Waals surface area contributed by atoms with Gasteiger partial charge in [0.1, 0.15) is 18.3 Å². The van der Waals surface area contributed by atoms with Crippen molar-refractivity contribution in [1.82, 2.24) is 0 Å². The maximum atomic E-state index is 12.3. The second kappa shape index (κ2) is 5.67. The lowest BCUT2D eigenvalue weighted by Crippen LogP contribution is -2.42. The molecule has 0 bridgehead atoms. The number of epoxide rings is 1. The molecule has 2 fully saturated rings. The third-order valence-electron chi connectivity index (χ3n) is 4.90. The van der Waals surface area contributed by atoms with E-state index < -0.39 is 20.2 Å². The number of rotatable bonds is 5. The third-order valence-corrected chi connectivity index (χ3v) is 9.38. The van der Waals surface area contributed by atoms with Crippen LogP contribution in [0.1, 0.15) is 41.5 Å². The molecular weight excluding hydrogens is 300 g/mol. The Morgan fingerprint density at radius 2 is 1.77 bits per heavy atom. The fourth-order valence-corrected chi connectivity index (χ4v) is 3.42. The van der Waals surface area contributed by atoms with Gasteiger partial charge in [0.05, 0.1) is 12.7 Å². The molecule has 0 aliphatic carbocycles. The van der Waals surface area contributed by atoms with Crippen LogP contribution in [0, 0.1) is 0 Å². The van der Waals surface area contributed by atoms with Crippen molar-refractivity contribution in [1.29, 1.82) is 0 Å². The molecule has 0 N–H and O–H groups in total. The molecule has 5 nitrogen and oxygen atoms in total. The van der Waals surface area contributed by atoms with Crippen molar-refractivity contribution >= 4 is 14.1 Å². The zero-order valence-corrected chi connectivity index (χ0v) is 16.1. The lowest BCUT2D eigenvalue weighted by Gasteiger charge is -2.35. The van der Waals surface area contributed by atoms with Crippen molar-refractivity contribution in [2.24, 2.45) is 0 Å². The molecule has 0 radical (unpaired) electrons. The third kappa shape index (κ3) is 3.79. The molecule has 0 amide bonds. The number of hydrogen-bond acceptors (Lipinski definition) is 5. The molecule has 0 saturated carbocycles. The fourth-order valence-electron chi connectivity index (χ4n) is 2.48. The average molecular weight is 330 g/mol. The zero-order chi connectivity index (χ0) is 16.9. The minimum atomic E-state index is -1.91. The van der Waals surface area contributed by atoms with E-state index in [1.807, 2.05) is 20.8 Å². The van der Waals surface area contributed by atoms with Crippen LogP contribution in [0.3, 0.4) is 0 Å². The van der Waals surface area contributed by atoms with Gasteiger partial charge in [-0.05, 0) is 38.9 Å². The van der Waals surface area contributed by atoms with Gasteiger partial charge in [0.25, 0.3) is 0 Å². The van der Waals surface area contributed by atoms with Crippen molar-refractivity contribution in [3.63, 3.8) is 0 Å². The summed E-state index contributed by atoms with van der Waals surface area (Å²) in [7, 11) is -1.91. The number of carbonyl (C=O) groups excluding carboxylic acids is 1. The standard InChI is InChI=1S/C16H30O5Si/c1-10-12(21-16(5,6)20-10)14-13(19-14)11(17)9-18-22(7,8)15(2,3)4/h10,12-14H,9H2,1-8H3/t10-,12+,13+,14-/m0/s1. The molecule has 2 saturated heterocycles. The van der Waals surface area contributed by atoms with Gasteiger partial charge in [0.2, 0.25) is 0 Å². The van der Waals surface area contributed by atoms with Crippen LogP contribution in [0.5, 0.6) is 0 Å². The highest BCUT2D eigenvalue weighted by Gasteiger charge is 2.56. The Bertz CT molecular complexity index is 440. The van der Waals surface area contributed by atoms with Crippen molar-refractivity contribution in [3.8, 4) is 0 Å². The highest BCUT2D eigenvalue weighted by molar-refractivity contribution is 6.74. The Morgan fingerprint density at radius 1 is 1.18 bits per heavy atom. The highest BCUT2D eigenvalue weighted by Crippen LogP contribution is 2.40. The molecule has 0 aromatic carbocycles. The largest absolute Gasteiger partial charge is 0.409 e. The summed E-state index contributed by atoms with van der Waals surface area (Å²) < 4.78 is 23.1. The number of ketones is 1. The average Bonchev–Trinajstić information content (AvgIpc) is 3.06. The molecule has 0 aromatic rings. The van der Waals surface area contributed by atoms with E-state index in [0.717, 1.165) is 0 Å². The topological polar surface area (TPSA) is 57.3 Å². The van der Waals surface area contributed by atoms with E-state index in [1.165, 1.54) is 0 Å². The molecule has 2 aliphatic heterocycles. The van der Waals surface area contributed by atoms with Crippen molar-refractivity contribution in [2.45, 2.75) is 89.9 Å². The van der Waals surface area contributed by atoms with E-state index in [0.29, 0.717) is 0 Å².